The van der Waals surface area contributed by atoms with Gasteiger partial charge in [-0.1, -0.05) is 11.6 Å². The van der Waals surface area contributed by atoms with Crippen molar-refractivity contribution in [2.45, 2.75) is 0 Å². The summed E-state index contributed by atoms with van der Waals surface area (Å²) in [6.07, 6.45) is 0. The molecule has 0 aliphatic carbocycles. The number of amides is 1. The van der Waals surface area contributed by atoms with E-state index in [2.05, 4.69) is 9.97 Å². The molecule has 7 nitrogen and oxygen atoms in total. The molecule has 2 heterocycles. The smallest absolute Gasteiger partial charge is 0.334 e. The van der Waals surface area contributed by atoms with Crippen molar-refractivity contribution in [1.82, 2.24) is 19.1 Å². The first kappa shape index (κ1) is 17.9. The highest BCUT2D eigenvalue weighted by molar-refractivity contribution is 6.30. The van der Waals surface area contributed by atoms with Crippen LogP contribution in [-0.2, 0) is 7.05 Å². The molecule has 2 aromatic carbocycles. The van der Waals surface area contributed by atoms with E-state index in [0.29, 0.717) is 16.3 Å². The maximum absolute atomic E-state index is 13.3. The number of nitrogens with zero attached hydrogens (tertiary/aromatic N) is 4. The van der Waals surface area contributed by atoms with Gasteiger partial charge < -0.3 is 5.73 Å². The van der Waals surface area contributed by atoms with E-state index < -0.39 is 17.4 Å². The number of carbonyl (C=O) groups is 1. The van der Waals surface area contributed by atoms with Crippen molar-refractivity contribution in [2.75, 3.05) is 0 Å². The Morgan fingerprint density at radius 1 is 1.07 bits per heavy atom. The lowest BCUT2D eigenvalue weighted by Crippen LogP contribution is -2.21. The van der Waals surface area contributed by atoms with Crippen LogP contribution in [0.1, 0.15) is 10.5 Å². The minimum absolute atomic E-state index is 0.0876. The predicted molar refractivity (Wildman–Crippen MR) is 103 cm³/mol. The fraction of sp³-hybridized carbons (Fsp3) is 0.0526. The standard InChI is InChI=1S/C19H13ClFN5O2/c1-25-15-14(16(22)27)23-17(10-2-4-11(20)5-3-10)24-18(15)26(19(25)28)13-8-6-12(21)7-9-13/h2-9H,1H3,(H2,22,27). The molecule has 2 N–H and O–H groups in total. The summed E-state index contributed by atoms with van der Waals surface area (Å²) in [6.45, 7) is 0. The highest BCUT2D eigenvalue weighted by Crippen LogP contribution is 2.24. The van der Waals surface area contributed by atoms with Crippen molar-refractivity contribution < 1.29 is 9.18 Å². The van der Waals surface area contributed by atoms with Gasteiger partial charge in [0, 0.05) is 17.6 Å². The van der Waals surface area contributed by atoms with Crippen LogP contribution in [-0.4, -0.2) is 25.0 Å². The highest BCUT2D eigenvalue weighted by atomic mass is 35.5. The lowest BCUT2D eigenvalue weighted by atomic mass is 10.2. The van der Waals surface area contributed by atoms with Crippen molar-refractivity contribution in [3.05, 3.63) is 75.5 Å². The first-order valence-corrected chi connectivity index (χ1v) is 8.56. The van der Waals surface area contributed by atoms with Crippen LogP contribution < -0.4 is 11.4 Å². The van der Waals surface area contributed by atoms with Crippen LogP contribution >= 0.6 is 11.6 Å². The van der Waals surface area contributed by atoms with Gasteiger partial charge in [0.25, 0.3) is 5.91 Å². The van der Waals surface area contributed by atoms with Crippen molar-refractivity contribution >= 4 is 28.7 Å². The number of aromatic nitrogens is 4. The maximum Gasteiger partial charge on any atom is 0.334 e. The molecule has 9 heteroatoms. The second kappa shape index (κ2) is 6.58. The van der Waals surface area contributed by atoms with Crippen LogP contribution in [0.4, 0.5) is 4.39 Å². The fourth-order valence-electron chi connectivity index (χ4n) is 2.97. The zero-order valence-corrected chi connectivity index (χ0v) is 15.3. The number of rotatable bonds is 3. The monoisotopic (exact) mass is 397 g/mol. The molecule has 0 aliphatic rings. The number of hydrogen-bond donors (Lipinski definition) is 1. The van der Waals surface area contributed by atoms with Gasteiger partial charge in [0.1, 0.15) is 11.3 Å². The average Bonchev–Trinajstić information content (AvgIpc) is 2.93. The van der Waals surface area contributed by atoms with Gasteiger partial charge in [-0.05, 0) is 48.5 Å². The molecule has 0 saturated carbocycles. The lowest BCUT2D eigenvalue weighted by molar-refractivity contribution is 0.0997. The normalized spacial score (nSPS) is 11.1. The predicted octanol–water partition coefficient (Wildman–Crippen LogP) is 2.68. The molecular formula is C19H13ClFN5O2. The molecule has 0 saturated heterocycles. The molecule has 0 bridgehead atoms. The van der Waals surface area contributed by atoms with Gasteiger partial charge in [-0.15, -0.1) is 0 Å². The Hall–Kier alpha value is -3.52. The van der Waals surface area contributed by atoms with E-state index >= 15 is 0 Å². The quantitative estimate of drug-likeness (QED) is 0.575. The number of aryl methyl sites for hydroxylation is 1. The number of benzene rings is 2. The minimum atomic E-state index is -0.797. The summed E-state index contributed by atoms with van der Waals surface area (Å²) < 4.78 is 15.8. The zero-order valence-electron chi connectivity index (χ0n) is 14.6. The van der Waals surface area contributed by atoms with Crippen molar-refractivity contribution in [2.24, 2.45) is 12.8 Å². The van der Waals surface area contributed by atoms with Gasteiger partial charge in [0.15, 0.2) is 17.2 Å². The third-order valence-corrected chi connectivity index (χ3v) is 4.56. The van der Waals surface area contributed by atoms with Crippen LogP contribution in [0.2, 0.25) is 5.02 Å². The largest absolute Gasteiger partial charge is 0.364 e. The summed E-state index contributed by atoms with van der Waals surface area (Å²) in [5.74, 6) is -1.03. The first-order chi connectivity index (χ1) is 13.4. The number of imidazole rings is 1. The molecule has 0 spiro atoms. The summed E-state index contributed by atoms with van der Waals surface area (Å²) in [4.78, 5) is 33.6. The van der Waals surface area contributed by atoms with Crippen LogP contribution in [0.5, 0.6) is 0 Å². The number of fused-ring (bicyclic) bond motifs is 1. The Balaban J connectivity index is 2.09. The van der Waals surface area contributed by atoms with Gasteiger partial charge in [-0.25, -0.2) is 23.7 Å². The molecule has 2 aromatic heterocycles. The van der Waals surface area contributed by atoms with E-state index in [4.69, 9.17) is 17.3 Å². The summed E-state index contributed by atoms with van der Waals surface area (Å²) in [5.41, 5.74) is 6.33. The number of hydrogen-bond acceptors (Lipinski definition) is 4. The van der Waals surface area contributed by atoms with Gasteiger partial charge in [0.05, 0.1) is 5.69 Å². The Kier molecular flexibility index (Phi) is 4.20. The Morgan fingerprint density at radius 2 is 1.71 bits per heavy atom. The van der Waals surface area contributed by atoms with E-state index in [0.717, 1.165) is 0 Å². The van der Waals surface area contributed by atoms with E-state index in [9.17, 15) is 14.0 Å². The molecule has 0 atom stereocenters. The molecule has 4 aromatic rings. The number of carbonyl (C=O) groups excluding carboxylic acids is 1. The first-order valence-electron chi connectivity index (χ1n) is 8.18. The van der Waals surface area contributed by atoms with Gasteiger partial charge in [-0.2, -0.15) is 0 Å². The average molecular weight is 398 g/mol. The second-order valence-electron chi connectivity index (χ2n) is 6.09. The Labute approximate surface area is 162 Å². The number of primary amides is 1. The van der Waals surface area contributed by atoms with E-state index in [1.54, 1.807) is 24.3 Å². The van der Waals surface area contributed by atoms with Crippen LogP contribution in [0.15, 0.2) is 53.3 Å². The van der Waals surface area contributed by atoms with Crippen LogP contribution in [0.25, 0.3) is 28.2 Å². The topological polar surface area (TPSA) is 95.8 Å². The molecule has 4 rings (SSSR count). The lowest BCUT2D eigenvalue weighted by Gasteiger charge is -2.07. The van der Waals surface area contributed by atoms with E-state index in [1.807, 2.05) is 0 Å². The molecule has 0 radical (unpaired) electrons. The molecule has 140 valence electrons. The van der Waals surface area contributed by atoms with Crippen LogP contribution in [0, 0.1) is 5.82 Å². The summed E-state index contributed by atoms with van der Waals surface area (Å²) in [6, 6.07) is 12.1. The van der Waals surface area contributed by atoms with Gasteiger partial charge in [-0.3, -0.25) is 9.36 Å². The summed E-state index contributed by atoms with van der Waals surface area (Å²) >= 11 is 5.92. The molecule has 1 amide bonds. The molecule has 0 aliphatic heterocycles. The SMILES string of the molecule is Cn1c(=O)n(-c2ccc(F)cc2)c2nc(-c3ccc(Cl)cc3)nc(C(N)=O)c21. The molecular weight excluding hydrogens is 385 g/mol. The number of nitrogens with two attached hydrogens (primary N) is 1. The van der Waals surface area contributed by atoms with Gasteiger partial charge in [0.2, 0.25) is 0 Å². The second-order valence-corrected chi connectivity index (χ2v) is 6.53. The van der Waals surface area contributed by atoms with Crippen molar-refractivity contribution in [3.8, 4) is 17.1 Å². The van der Waals surface area contributed by atoms with Gasteiger partial charge >= 0.3 is 5.69 Å². The molecule has 0 unspecified atom stereocenters. The third-order valence-electron chi connectivity index (χ3n) is 4.31. The van der Waals surface area contributed by atoms with Crippen molar-refractivity contribution in [1.29, 1.82) is 0 Å². The number of halogens is 2. The molecule has 0 fully saturated rings. The zero-order chi connectivity index (χ0) is 20.0. The van der Waals surface area contributed by atoms with Crippen LogP contribution in [0.3, 0.4) is 0 Å². The Bertz CT molecular complexity index is 1280. The maximum atomic E-state index is 13.3. The van der Waals surface area contributed by atoms with E-state index in [1.165, 1.54) is 40.4 Å². The fourth-order valence-corrected chi connectivity index (χ4v) is 3.09. The van der Waals surface area contributed by atoms with Crippen molar-refractivity contribution in [3.63, 3.8) is 0 Å². The third kappa shape index (κ3) is 2.84. The van der Waals surface area contributed by atoms with E-state index in [-0.39, 0.29) is 22.7 Å². The summed E-state index contributed by atoms with van der Waals surface area (Å²) in [7, 11) is 1.49. The highest BCUT2D eigenvalue weighted by Gasteiger charge is 2.22. The Morgan fingerprint density at radius 3 is 2.32 bits per heavy atom. The minimum Gasteiger partial charge on any atom is -0.364 e. The molecule has 28 heavy (non-hydrogen) atoms. The summed E-state index contributed by atoms with van der Waals surface area (Å²) in [5, 5.41) is 0.530.